The van der Waals surface area contributed by atoms with Gasteiger partial charge in [0.25, 0.3) is 5.91 Å². The predicted octanol–water partition coefficient (Wildman–Crippen LogP) is 4.53. The van der Waals surface area contributed by atoms with Gasteiger partial charge in [-0.25, -0.2) is 0 Å². The molecule has 3 rings (SSSR count). The van der Waals surface area contributed by atoms with E-state index in [1.807, 2.05) is 24.3 Å². The van der Waals surface area contributed by atoms with Gasteiger partial charge in [0.1, 0.15) is 0 Å². The number of ketones is 1. The number of carbonyl (C=O) groups excluding carboxylic acids is 2. The van der Waals surface area contributed by atoms with Crippen LogP contribution in [0.3, 0.4) is 0 Å². The summed E-state index contributed by atoms with van der Waals surface area (Å²) in [5.41, 5.74) is 1.19. The van der Waals surface area contributed by atoms with E-state index in [4.69, 9.17) is 0 Å². The number of thioether (sulfide) groups is 1. The Balaban J connectivity index is 1.58. The lowest BCUT2D eigenvalue weighted by Crippen LogP contribution is -2.12. The van der Waals surface area contributed by atoms with Crippen LogP contribution in [-0.2, 0) is 0 Å². The molecule has 0 aliphatic carbocycles. The highest BCUT2D eigenvalue weighted by atomic mass is 79.9. The van der Waals surface area contributed by atoms with Gasteiger partial charge in [-0.2, -0.15) is 0 Å². The van der Waals surface area contributed by atoms with Crippen LogP contribution in [0.25, 0.3) is 0 Å². The fourth-order valence-electron chi connectivity index (χ4n) is 1.96. The van der Waals surface area contributed by atoms with Gasteiger partial charge in [-0.05, 0) is 28.1 Å². The molecule has 0 bridgehead atoms. The summed E-state index contributed by atoms with van der Waals surface area (Å²) in [7, 11) is 0. The third-order valence-corrected chi connectivity index (χ3v) is 5.83. The molecule has 3 aromatic rings. The number of anilines is 1. The molecule has 8 heteroatoms. The average Bonchev–Trinajstić information content (AvgIpc) is 3.08. The van der Waals surface area contributed by atoms with E-state index in [9.17, 15) is 9.59 Å². The van der Waals surface area contributed by atoms with Crippen LogP contribution in [0.2, 0.25) is 0 Å². The van der Waals surface area contributed by atoms with Crippen LogP contribution in [0.1, 0.15) is 20.7 Å². The molecule has 0 aliphatic heterocycles. The summed E-state index contributed by atoms with van der Waals surface area (Å²) in [5, 5.41) is 11.1. The molecule has 1 amide bonds. The van der Waals surface area contributed by atoms with E-state index in [-0.39, 0.29) is 17.4 Å². The molecule has 0 spiro atoms. The topological polar surface area (TPSA) is 72.0 Å². The highest BCUT2D eigenvalue weighted by Gasteiger charge is 2.14. The van der Waals surface area contributed by atoms with Crippen molar-refractivity contribution >= 4 is 55.9 Å². The van der Waals surface area contributed by atoms with E-state index in [0.29, 0.717) is 25.1 Å². The van der Waals surface area contributed by atoms with Gasteiger partial charge in [-0.3, -0.25) is 14.9 Å². The first kappa shape index (κ1) is 17.8. The molecule has 0 atom stereocenters. The quantitative estimate of drug-likeness (QED) is 0.351. The summed E-state index contributed by atoms with van der Waals surface area (Å²) in [6.45, 7) is 0. The zero-order valence-corrected chi connectivity index (χ0v) is 16.0. The Morgan fingerprint density at radius 1 is 1.04 bits per heavy atom. The van der Waals surface area contributed by atoms with E-state index < -0.39 is 0 Å². The number of halogens is 1. The van der Waals surface area contributed by atoms with E-state index in [1.54, 1.807) is 30.3 Å². The Bertz CT molecular complexity index is 900. The zero-order chi connectivity index (χ0) is 17.6. The second kappa shape index (κ2) is 8.37. The fraction of sp³-hybridized carbons (Fsp3) is 0.0588. The summed E-state index contributed by atoms with van der Waals surface area (Å²) < 4.78 is 1.34. The molecular weight excluding hydrogens is 422 g/mol. The molecular formula is C17H12BrN3O2S2. The van der Waals surface area contributed by atoms with Crippen LogP contribution in [0, 0.1) is 0 Å². The van der Waals surface area contributed by atoms with E-state index in [2.05, 4.69) is 31.4 Å². The number of hydrogen-bond donors (Lipinski definition) is 1. The van der Waals surface area contributed by atoms with Gasteiger partial charge in [0.2, 0.25) is 5.13 Å². The van der Waals surface area contributed by atoms with Crippen molar-refractivity contribution in [3.63, 3.8) is 0 Å². The van der Waals surface area contributed by atoms with Gasteiger partial charge >= 0.3 is 0 Å². The first-order chi connectivity index (χ1) is 12.1. The molecule has 126 valence electrons. The third-order valence-electron chi connectivity index (χ3n) is 3.17. The molecule has 2 aromatic carbocycles. The van der Waals surface area contributed by atoms with Crippen molar-refractivity contribution in [3.05, 3.63) is 70.2 Å². The molecule has 0 saturated carbocycles. The highest BCUT2D eigenvalue weighted by molar-refractivity contribution is 9.10. The maximum Gasteiger partial charge on any atom is 0.258 e. The van der Waals surface area contributed by atoms with Crippen molar-refractivity contribution < 1.29 is 9.59 Å². The molecule has 0 saturated heterocycles. The largest absolute Gasteiger partial charge is 0.296 e. The van der Waals surface area contributed by atoms with Crippen LogP contribution in [0.15, 0.2) is 63.4 Å². The minimum absolute atomic E-state index is 0.0274. The highest BCUT2D eigenvalue weighted by Crippen LogP contribution is 2.27. The number of aromatic nitrogens is 2. The lowest BCUT2D eigenvalue weighted by Gasteiger charge is -2.02. The lowest BCUT2D eigenvalue weighted by molar-refractivity contribution is 0.101. The van der Waals surface area contributed by atoms with Crippen molar-refractivity contribution in [2.45, 2.75) is 4.34 Å². The average molecular weight is 434 g/mol. The SMILES string of the molecule is O=C(CSc1nnc(NC(=O)c2ccccc2Br)s1)c1ccccc1. The van der Waals surface area contributed by atoms with Crippen LogP contribution in [0.5, 0.6) is 0 Å². The van der Waals surface area contributed by atoms with Gasteiger partial charge in [-0.1, -0.05) is 65.6 Å². The third kappa shape index (κ3) is 4.75. The number of amides is 1. The minimum Gasteiger partial charge on any atom is -0.296 e. The van der Waals surface area contributed by atoms with E-state index in [0.717, 1.165) is 0 Å². The zero-order valence-electron chi connectivity index (χ0n) is 12.8. The molecule has 5 nitrogen and oxygen atoms in total. The van der Waals surface area contributed by atoms with Crippen LogP contribution in [0.4, 0.5) is 5.13 Å². The van der Waals surface area contributed by atoms with Crippen molar-refractivity contribution in [1.29, 1.82) is 0 Å². The lowest BCUT2D eigenvalue weighted by atomic mass is 10.2. The maximum absolute atomic E-state index is 12.2. The van der Waals surface area contributed by atoms with Gasteiger partial charge in [0, 0.05) is 10.0 Å². The summed E-state index contributed by atoms with van der Waals surface area (Å²) in [6, 6.07) is 16.2. The number of hydrogen-bond acceptors (Lipinski definition) is 6. The van der Waals surface area contributed by atoms with Gasteiger partial charge in [-0.15, -0.1) is 10.2 Å². The Hall–Kier alpha value is -2.03. The Morgan fingerprint density at radius 2 is 1.76 bits per heavy atom. The van der Waals surface area contributed by atoms with Gasteiger partial charge in [0.05, 0.1) is 11.3 Å². The fourth-order valence-corrected chi connectivity index (χ4v) is 4.07. The van der Waals surface area contributed by atoms with E-state index in [1.165, 1.54) is 23.1 Å². The number of rotatable bonds is 6. The number of Topliss-reactive ketones (excluding diaryl/α,β-unsaturated/α-hetero) is 1. The summed E-state index contributed by atoms with van der Waals surface area (Å²) in [4.78, 5) is 24.3. The second-order valence-electron chi connectivity index (χ2n) is 4.88. The molecule has 25 heavy (non-hydrogen) atoms. The molecule has 0 fully saturated rings. The predicted molar refractivity (Wildman–Crippen MR) is 104 cm³/mol. The number of benzene rings is 2. The minimum atomic E-state index is -0.263. The number of carbonyl (C=O) groups is 2. The molecule has 1 N–H and O–H groups in total. The van der Waals surface area contributed by atoms with Crippen molar-refractivity contribution in [3.8, 4) is 0 Å². The van der Waals surface area contributed by atoms with Crippen LogP contribution >= 0.6 is 39.0 Å². The Labute approximate surface area is 161 Å². The maximum atomic E-state index is 12.2. The standard InChI is InChI=1S/C17H12BrN3O2S2/c18-13-9-5-4-8-12(13)15(23)19-16-20-21-17(25-16)24-10-14(22)11-6-2-1-3-7-11/h1-9H,10H2,(H,19,20,23). The first-order valence-corrected chi connectivity index (χ1v) is 9.83. The van der Waals surface area contributed by atoms with Gasteiger partial charge in [0.15, 0.2) is 10.1 Å². The summed E-state index contributed by atoms with van der Waals surface area (Å²) in [5.74, 6) is 0.0386. The monoisotopic (exact) mass is 433 g/mol. The smallest absolute Gasteiger partial charge is 0.258 e. The second-order valence-corrected chi connectivity index (χ2v) is 7.94. The van der Waals surface area contributed by atoms with Crippen LogP contribution in [-0.4, -0.2) is 27.6 Å². The summed E-state index contributed by atoms with van der Waals surface area (Å²) in [6.07, 6.45) is 0. The van der Waals surface area contributed by atoms with Crippen molar-refractivity contribution in [1.82, 2.24) is 10.2 Å². The molecule has 0 aliphatic rings. The normalized spacial score (nSPS) is 10.4. The number of nitrogens with one attached hydrogen (secondary N) is 1. The molecule has 1 aromatic heterocycles. The van der Waals surface area contributed by atoms with Gasteiger partial charge < -0.3 is 0 Å². The first-order valence-electron chi connectivity index (χ1n) is 7.24. The number of nitrogens with zero attached hydrogens (tertiary/aromatic N) is 2. The molecule has 0 radical (unpaired) electrons. The van der Waals surface area contributed by atoms with Crippen LogP contribution < -0.4 is 5.32 Å². The molecule has 1 heterocycles. The molecule has 0 unspecified atom stereocenters. The van der Waals surface area contributed by atoms with Crippen molar-refractivity contribution in [2.75, 3.05) is 11.1 Å². The Morgan fingerprint density at radius 3 is 2.52 bits per heavy atom. The van der Waals surface area contributed by atoms with E-state index >= 15 is 0 Å². The van der Waals surface area contributed by atoms with Crippen molar-refractivity contribution in [2.24, 2.45) is 0 Å². The summed E-state index contributed by atoms with van der Waals surface area (Å²) >= 11 is 5.89. The Kier molecular flexibility index (Phi) is 5.95.